The minimum Gasteiger partial charge on any atom is -0.370 e. The van der Waals surface area contributed by atoms with Gasteiger partial charge in [0.2, 0.25) is 0 Å². The Labute approximate surface area is 88.9 Å². The molecular formula is C11H16FN3. The quantitative estimate of drug-likeness (QED) is 0.797. The molecule has 1 heterocycles. The van der Waals surface area contributed by atoms with Crippen LogP contribution in [0.5, 0.6) is 0 Å². The number of hydrogen-bond acceptors (Lipinski definition) is 3. The Morgan fingerprint density at radius 3 is 2.93 bits per heavy atom. The minimum atomic E-state index is -0.307. The van der Waals surface area contributed by atoms with Crippen LogP contribution in [-0.4, -0.2) is 17.6 Å². The van der Waals surface area contributed by atoms with Gasteiger partial charge >= 0.3 is 0 Å². The summed E-state index contributed by atoms with van der Waals surface area (Å²) in [6.07, 6.45) is 4.72. The fourth-order valence-electron chi connectivity index (χ4n) is 2.04. The lowest BCUT2D eigenvalue weighted by Gasteiger charge is -2.16. The van der Waals surface area contributed by atoms with Gasteiger partial charge in [0.05, 0.1) is 6.20 Å². The van der Waals surface area contributed by atoms with Crippen molar-refractivity contribution in [3.63, 3.8) is 0 Å². The lowest BCUT2D eigenvalue weighted by atomic mass is 10.1. The SMILES string of the molecule is NC1CCCC1CNc1ccc(F)cn1. The smallest absolute Gasteiger partial charge is 0.141 e. The summed E-state index contributed by atoms with van der Waals surface area (Å²) in [4.78, 5) is 3.94. The largest absolute Gasteiger partial charge is 0.370 e. The van der Waals surface area contributed by atoms with Crippen molar-refractivity contribution in [1.29, 1.82) is 0 Å². The van der Waals surface area contributed by atoms with Crippen LogP contribution in [0.25, 0.3) is 0 Å². The fourth-order valence-corrected chi connectivity index (χ4v) is 2.04. The summed E-state index contributed by atoms with van der Waals surface area (Å²) in [5.41, 5.74) is 5.95. The predicted molar refractivity (Wildman–Crippen MR) is 58.0 cm³/mol. The van der Waals surface area contributed by atoms with Gasteiger partial charge in [-0.1, -0.05) is 6.42 Å². The highest BCUT2D eigenvalue weighted by Crippen LogP contribution is 2.23. The summed E-state index contributed by atoms with van der Waals surface area (Å²) in [5, 5.41) is 3.19. The average Bonchev–Trinajstić information content (AvgIpc) is 2.63. The number of halogens is 1. The molecule has 2 unspecified atom stereocenters. The summed E-state index contributed by atoms with van der Waals surface area (Å²) >= 11 is 0. The number of nitrogens with two attached hydrogens (primary N) is 1. The Morgan fingerprint density at radius 2 is 2.33 bits per heavy atom. The second kappa shape index (κ2) is 4.57. The van der Waals surface area contributed by atoms with Crippen LogP contribution in [0.15, 0.2) is 18.3 Å². The van der Waals surface area contributed by atoms with Crippen molar-refractivity contribution < 1.29 is 4.39 Å². The van der Waals surface area contributed by atoms with E-state index in [4.69, 9.17) is 5.73 Å². The number of nitrogens with one attached hydrogen (secondary N) is 1. The first kappa shape index (κ1) is 10.4. The van der Waals surface area contributed by atoms with Crippen LogP contribution >= 0.6 is 0 Å². The zero-order valence-electron chi connectivity index (χ0n) is 8.62. The summed E-state index contributed by atoms with van der Waals surface area (Å²) in [7, 11) is 0. The van der Waals surface area contributed by atoms with Crippen LogP contribution < -0.4 is 11.1 Å². The molecule has 1 aliphatic rings. The van der Waals surface area contributed by atoms with Crippen LogP contribution in [0.1, 0.15) is 19.3 Å². The molecule has 4 heteroatoms. The van der Waals surface area contributed by atoms with Gasteiger partial charge in [0.1, 0.15) is 11.6 Å². The second-order valence-corrected chi connectivity index (χ2v) is 4.10. The first-order chi connectivity index (χ1) is 7.25. The molecule has 1 saturated carbocycles. The van der Waals surface area contributed by atoms with E-state index in [2.05, 4.69) is 10.3 Å². The Balaban J connectivity index is 1.85. The summed E-state index contributed by atoms with van der Waals surface area (Å²) in [6.45, 7) is 0.833. The second-order valence-electron chi connectivity index (χ2n) is 4.10. The van der Waals surface area contributed by atoms with Crippen molar-refractivity contribution in [2.45, 2.75) is 25.3 Å². The molecule has 82 valence electrons. The highest BCUT2D eigenvalue weighted by Gasteiger charge is 2.23. The molecule has 0 aliphatic heterocycles. The molecule has 1 fully saturated rings. The summed E-state index contributed by atoms with van der Waals surface area (Å²) < 4.78 is 12.6. The van der Waals surface area contributed by atoms with Gasteiger partial charge < -0.3 is 11.1 Å². The van der Waals surface area contributed by atoms with Gasteiger partial charge in [-0.15, -0.1) is 0 Å². The predicted octanol–water partition coefficient (Wildman–Crippen LogP) is 1.76. The van der Waals surface area contributed by atoms with Gasteiger partial charge in [-0.05, 0) is 30.9 Å². The van der Waals surface area contributed by atoms with E-state index in [0.29, 0.717) is 12.0 Å². The molecule has 1 aliphatic carbocycles. The van der Waals surface area contributed by atoms with Crippen molar-refractivity contribution in [3.05, 3.63) is 24.1 Å². The van der Waals surface area contributed by atoms with Gasteiger partial charge in [0, 0.05) is 12.6 Å². The van der Waals surface area contributed by atoms with Crippen molar-refractivity contribution in [1.82, 2.24) is 4.98 Å². The molecule has 2 atom stereocenters. The number of anilines is 1. The molecule has 0 spiro atoms. The molecular weight excluding hydrogens is 193 g/mol. The lowest BCUT2D eigenvalue weighted by Crippen LogP contribution is -2.29. The van der Waals surface area contributed by atoms with Crippen LogP contribution in [-0.2, 0) is 0 Å². The van der Waals surface area contributed by atoms with E-state index in [0.717, 1.165) is 18.8 Å². The number of nitrogens with zero attached hydrogens (tertiary/aromatic N) is 1. The topological polar surface area (TPSA) is 50.9 Å². The molecule has 3 nitrogen and oxygen atoms in total. The molecule has 15 heavy (non-hydrogen) atoms. The number of hydrogen-bond donors (Lipinski definition) is 2. The lowest BCUT2D eigenvalue weighted by molar-refractivity contribution is 0.504. The third kappa shape index (κ3) is 2.65. The van der Waals surface area contributed by atoms with Crippen molar-refractivity contribution in [2.75, 3.05) is 11.9 Å². The van der Waals surface area contributed by atoms with Crippen LogP contribution in [0, 0.1) is 11.7 Å². The molecule has 1 aromatic heterocycles. The third-order valence-electron chi connectivity index (χ3n) is 2.99. The monoisotopic (exact) mass is 209 g/mol. The molecule has 0 saturated heterocycles. The Hall–Kier alpha value is -1.16. The Bertz CT molecular complexity index is 312. The maximum Gasteiger partial charge on any atom is 0.141 e. The number of aromatic nitrogens is 1. The Kier molecular flexibility index (Phi) is 3.16. The highest BCUT2D eigenvalue weighted by atomic mass is 19.1. The van der Waals surface area contributed by atoms with Crippen molar-refractivity contribution in [2.24, 2.45) is 11.7 Å². The van der Waals surface area contributed by atoms with Crippen molar-refractivity contribution >= 4 is 5.82 Å². The first-order valence-corrected chi connectivity index (χ1v) is 5.37. The van der Waals surface area contributed by atoms with E-state index < -0.39 is 0 Å². The van der Waals surface area contributed by atoms with E-state index in [1.165, 1.54) is 25.1 Å². The van der Waals surface area contributed by atoms with Gasteiger partial charge in [-0.25, -0.2) is 9.37 Å². The molecule has 0 aromatic carbocycles. The van der Waals surface area contributed by atoms with Crippen LogP contribution in [0.2, 0.25) is 0 Å². The van der Waals surface area contributed by atoms with Gasteiger partial charge in [-0.3, -0.25) is 0 Å². The van der Waals surface area contributed by atoms with Gasteiger partial charge in [-0.2, -0.15) is 0 Å². The van der Waals surface area contributed by atoms with Crippen LogP contribution in [0.4, 0.5) is 10.2 Å². The van der Waals surface area contributed by atoms with Gasteiger partial charge in [0.15, 0.2) is 0 Å². The Morgan fingerprint density at radius 1 is 1.47 bits per heavy atom. The standard InChI is InChI=1S/C11H16FN3/c12-9-4-5-11(15-7-9)14-6-8-2-1-3-10(8)13/h4-5,7-8,10H,1-3,6,13H2,(H,14,15). The van der Waals surface area contributed by atoms with E-state index in [-0.39, 0.29) is 5.82 Å². The van der Waals surface area contributed by atoms with E-state index in [9.17, 15) is 4.39 Å². The number of pyridine rings is 1. The van der Waals surface area contributed by atoms with Crippen LogP contribution in [0.3, 0.4) is 0 Å². The summed E-state index contributed by atoms with van der Waals surface area (Å²) in [5.74, 6) is 0.936. The van der Waals surface area contributed by atoms with E-state index in [1.54, 1.807) is 6.07 Å². The fraction of sp³-hybridized carbons (Fsp3) is 0.545. The maximum absolute atomic E-state index is 12.6. The molecule has 0 radical (unpaired) electrons. The first-order valence-electron chi connectivity index (χ1n) is 5.37. The molecule has 0 bridgehead atoms. The molecule has 1 aromatic rings. The maximum atomic E-state index is 12.6. The molecule has 2 rings (SSSR count). The van der Waals surface area contributed by atoms with Crippen molar-refractivity contribution in [3.8, 4) is 0 Å². The normalized spacial score (nSPS) is 25.5. The van der Waals surface area contributed by atoms with E-state index in [1.807, 2.05) is 0 Å². The zero-order valence-corrected chi connectivity index (χ0v) is 8.62. The minimum absolute atomic E-state index is 0.304. The zero-order chi connectivity index (χ0) is 10.7. The summed E-state index contributed by atoms with van der Waals surface area (Å²) in [6, 6.07) is 3.36. The number of rotatable bonds is 3. The highest BCUT2D eigenvalue weighted by molar-refractivity contribution is 5.33. The molecule has 0 amide bonds. The van der Waals surface area contributed by atoms with Gasteiger partial charge in [0.25, 0.3) is 0 Å². The third-order valence-corrected chi connectivity index (χ3v) is 2.99. The average molecular weight is 209 g/mol. The van der Waals surface area contributed by atoms with E-state index >= 15 is 0 Å². The molecule has 3 N–H and O–H groups in total.